The summed E-state index contributed by atoms with van der Waals surface area (Å²) in [7, 11) is 0. The standard InChI is InChI=1S/C13H16N4O4/c1-8(11-15-12(16-21-11)13(2,3)4)20-9-6-5-7-14-10(9)17(18)19/h5-8H,1-4H3. The highest BCUT2D eigenvalue weighted by atomic mass is 16.6. The molecule has 0 bridgehead atoms. The van der Waals surface area contributed by atoms with Gasteiger partial charge in [-0.25, -0.2) is 0 Å². The Hall–Kier alpha value is -2.51. The molecule has 8 nitrogen and oxygen atoms in total. The second-order valence-corrected chi connectivity index (χ2v) is 5.55. The Morgan fingerprint density at radius 3 is 2.71 bits per heavy atom. The van der Waals surface area contributed by atoms with Gasteiger partial charge in [0.2, 0.25) is 5.75 Å². The van der Waals surface area contributed by atoms with Crippen LogP contribution in [0.2, 0.25) is 0 Å². The SMILES string of the molecule is CC(Oc1cccnc1[N+](=O)[O-])c1nc(C(C)(C)C)no1. The van der Waals surface area contributed by atoms with Gasteiger partial charge < -0.3 is 19.4 Å². The Labute approximate surface area is 121 Å². The number of ether oxygens (including phenoxy) is 1. The van der Waals surface area contributed by atoms with E-state index < -0.39 is 11.0 Å². The fourth-order valence-corrected chi connectivity index (χ4v) is 1.56. The Kier molecular flexibility index (Phi) is 3.88. The van der Waals surface area contributed by atoms with Crippen molar-refractivity contribution in [3.63, 3.8) is 0 Å². The summed E-state index contributed by atoms with van der Waals surface area (Å²) < 4.78 is 10.7. The van der Waals surface area contributed by atoms with Gasteiger partial charge in [0.1, 0.15) is 6.20 Å². The van der Waals surface area contributed by atoms with Crippen LogP contribution in [0.15, 0.2) is 22.9 Å². The molecule has 0 spiro atoms. The quantitative estimate of drug-likeness (QED) is 0.630. The average Bonchev–Trinajstić information content (AvgIpc) is 2.88. The Morgan fingerprint density at radius 1 is 1.43 bits per heavy atom. The zero-order valence-corrected chi connectivity index (χ0v) is 12.2. The summed E-state index contributed by atoms with van der Waals surface area (Å²) in [6.45, 7) is 7.55. The maximum atomic E-state index is 10.9. The van der Waals surface area contributed by atoms with E-state index in [1.807, 2.05) is 20.8 Å². The normalized spacial score (nSPS) is 13.0. The highest BCUT2D eigenvalue weighted by molar-refractivity contribution is 5.38. The van der Waals surface area contributed by atoms with E-state index in [0.29, 0.717) is 5.82 Å². The molecule has 1 atom stereocenters. The van der Waals surface area contributed by atoms with Gasteiger partial charge in [0.25, 0.3) is 5.89 Å². The van der Waals surface area contributed by atoms with Crippen LogP contribution < -0.4 is 4.74 Å². The third-order valence-electron chi connectivity index (χ3n) is 2.69. The fourth-order valence-electron chi connectivity index (χ4n) is 1.56. The number of nitro groups is 1. The van der Waals surface area contributed by atoms with Gasteiger partial charge in [0, 0.05) is 5.41 Å². The van der Waals surface area contributed by atoms with E-state index in [1.165, 1.54) is 12.3 Å². The lowest BCUT2D eigenvalue weighted by Gasteiger charge is -2.12. The Morgan fingerprint density at radius 2 is 2.14 bits per heavy atom. The first kappa shape index (κ1) is 14.9. The average molecular weight is 292 g/mol. The van der Waals surface area contributed by atoms with Crippen LogP contribution >= 0.6 is 0 Å². The molecule has 21 heavy (non-hydrogen) atoms. The molecule has 8 heteroatoms. The molecule has 0 aliphatic carbocycles. The molecular weight excluding hydrogens is 276 g/mol. The maximum absolute atomic E-state index is 10.9. The minimum absolute atomic E-state index is 0.0607. The molecular formula is C13H16N4O4. The van der Waals surface area contributed by atoms with Crippen molar-refractivity contribution < 1.29 is 14.2 Å². The lowest BCUT2D eigenvalue weighted by Crippen LogP contribution is -2.14. The summed E-state index contributed by atoms with van der Waals surface area (Å²) in [6, 6.07) is 3.03. The van der Waals surface area contributed by atoms with Crippen molar-refractivity contribution in [3.8, 4) is 5.75 Å². The summed E-state index contributed by atoms with van der Waals surface area (Å²) in [5.41, 5.74) is -0.248. The largest absolute Gasteiger partial charge is 0.473 e. The molecule has 0 radical (unpaired) electrons. The summed E-state index contributed by atoms with van der Waals surface area (Å²) >= 11 is 0. The van der Waals surface area contributed by atoms with E-state index in [9.17, 15) is 10.1 Å². The maximum Gasteiger partial charge on any atom is 0.406 e. The fraction of sp³-hybridized carbons (Fsp3) is 0.462. The number of nitrogens with zero attached hydrogens (tertiary/aromatic N) is 4. The summed E-state index contributed by atoms with van der Waals surface area (Å²) in [5, 5.41) is 14.8. The second kappa shape index (κ2) is 5.47. The number of hydrogen-bond donors (Lipinski definition) is 0. The molecule has 0 fully saturated rings. The van der Waals surface area contributed by atoms with Crippen LogP contribution in [-0.2, 0) is 5.41 Å². The van der Waals surface area contributed by atoms with E-state index in [1.54, 1.807) is 13.0 Å². The van der Waals surface area contributed by atoms with E-state index >= 15 is 0 Å². The van der Waals surface area contributed by atoms with Gasteiger partial charge >= 0.3 is 5.82 Å². The first-order valence-corrected chi connectivity index (χ1v) is 6.39. The van der Waals surface area contributed by atoms with E-state index in [0.717, 1.165) is 0 Å². The third-order valence-corrected chi connectivity index (χ3v) is 2.69. The molecule has 1 unspecified atom stereocenters. The number of rotatable bonds is 4. The van der Waals surface area contributed by atoms with Gasteiger partial charge in [-0.2, -0.15) is 4.98 Å². The summed E-state index contributed by atoms with van der Waals surface area (Å²) in [6.07, 6.45) is 0.719. The highest BCUT2D eigenvalue weighted by Gasteiger charge is 2.25. The van der Waals surface area contributed by atoms with Gasteiger partial charge in [-0.15, -0.1) is 0 Å². The minimum Gasteiger partial charge on any atom is -0.473 e. The van der Waals surface area contributed by atoms with Crippen molar-refractivity contribution in [1.82, 2.24) is 15.1 Å². The molecule has 0 aliphatic heterocycles. The molecule has 0 aliphatic rings. The number of hydrogen-bond acceptors (Lipinski definition) is 7. The smallest absolute Gasteiger partial charge is 0.406 e. The van der Waals surface area contributed by atoms with Crippen molar-refractivity contribution >= 4 is 5.82 Å². The topological polar surface area (TPSA) is 104 Å². The molecule has 2 aromatic rings. The predicted octanol–water partition coefficient (Wildman–Crippen LogP) is 2.81. The van der Waals surface area contributed by atoms with Gasteiger partial charge in [-0.05, 0) is 29.0 Å². The van der Waals surface area contributed by atoms with Crippen molar-refractivity contribution in [3.05, 3.63) is 40.2 Å². The zero-order valence-electron chi connectivity index (χ0n) is 12.2. The van der Waals surface area contributed by atoms with Crippen molar-refractivity contribution in [1.29, 1.82) is 0 Å². The highest BCUT2D eigenvalue weighted by Crippen LogP contribution is 2.29. The van der Waals surface area contributed by atoms with Gasteiger partial charge in [0.05, 0.1) is 0 Å². The van der Waals surface area contributed by atoms with Crippen LogP contribution in [0.3, 0.4) is 0 Å². The lowest BCUT2D eigenvalue weighted by atomic mass is 9.96. The molecule has 2 rings (SSSR count). The van der Waals surface area contributed by atoms with Crippen molar-refractivity contribution in [2.24, 2.45) is 0 Å². The lowest BCUT2D eigenvalue weighted by molar-refractivity contribution is -0.390. The minimum atomic E-state index is -0.614. The van der Waals surface area contributed by atoms with Crippen LogP contribution in [0.4, 0.5) is 5.82 Å². The molecule has 112 valence electrons. The molecule has 2 aromatic heterocycles. The Bertz CT molecular complexity index is 648. The second-order valence-electron chi connectivity index (χ2n) is 5.55. The predicted molar refractivity (Wildman–Crippen MR) is 72.9 cm³/mol. The van der Waals surface area contributed by atoms with E-state index in [4.69, 9.17) is 9.26 Å². The molecule has 0 aromatic carbocycles. The molecule has 2 heterocycles. The third kappa shape index (κ3) is 3.33. The van der Waals surface area contributed by atoms with Crippen LogP contribution in [0.25, 0.3) is 0 Å². The Balaban J connectivity index is 2.21. The molecule has 0 saturated carbocycles. The molecule has 0 saturated heterocycles. The summed E-state index contributed by atoms with van der Waals surface area (Å²) in [5.74, 6) is 0.525. The van der Waals surface area contributed by atoms with Gasteiger partial charge in [0.15, 0.2) is 11.9 Å². The van der Waals surface area contributed by atoms with Crippen LogP contribution in [-0.4, -0.2) is 20.0 Å². The zero-order chi connectivity index (χ0) is 15.6. The van der Waals surface area contributed by atoms with Crippen LogP contribution in [0.5, 0.6) is 5.75 Å². The van der Waals surface area contributed by atoms with E-state index in [-0.39, 0.29) is 22.9 Å². The van der Waals surface area contributed by atoms with E-state index in [2.05, 4.69) is 15.1 Å². The van der Waals surface area contributed by atoms with Crippen LogP contribution in [0, 0.1) is 10.1 Å². The first-order valence-electron chi connectivity index (χ1n) is 6.39. The van der Waals surface area contributed by atoms with Gasteiger partial charge in [-0.3, -0.25) is 0 Å². The monoisotopic (exact) mass is 292 g/mol. The molecule has 0 amide bonds. The van der Waals surface area contributed by atoms with Gasteiger partial charge in [-0.1, -0.05) is 25.9 Å². The van der Waals surface area contributed by atoms with Crippen LogP contribution in [0.1, 0.15) is 45.5 Å². The number of aromatic nitrogens is 3. The van der Waals surface area contributed by atoms with Crippen molar-refractivity contribution in [2.45, 2.75) is 39.2 Å². The van der Waals surface area contributed by atoms with Crippen molar-refractivity contribution in [2.75, 3.05) is 0 Å². The molecule has 0 N–H and O–H groups in total. The summed E-state index contributed by atoms with van der Waals surface area (Å²) in [4.78, 5) is 18.2. The first-order chi connectivity index (χ1) is 9.79. The number of pyridine rings is 1.